The number of nitrogens with zero attached hydrogens (tertiary/aromatic N) is 1. The molecule has 1 aromatic carbocycles. The highest BCUT2D eigenvalue weighted by atomic mass is 16.5. The van der Waals surface area contributed by atoms with Crippen LogP contribution in [0.3, 0.4) is 0 Å². The van der Waals surface area contributed by atoms with Crippen LogP contribution in [-0.4, -0.2) is 36.9 Å². The summed E-state index contributed by atoms with van der Waals surface area (Å²) >= 11 is 0. The number of methoxy groups -OCH3 is 2. The van der Waals surface area contributed by atoms with Gasteiger partial charge in [0.05, 0.1) is 33.1 Å². The Bertz CT molecular complexity index is 817. The number of ether oxygens (including phenoxy) is 3. The second-order valence-corrected chi connectivity index (χ2v) is 7.27. The minimum absolute atomic E-state index is 0.169. The Morgan fingerprint density at radius 2 is 1.68 bits per heavy atom. The Kier molecular flexibility index (Phi) is 11.2. The first-order chi connectivity index (χ1) is 15.2. The van der Waals surface area contributed by atoms with Gasteiger partial charge >= 0.3 is 5.97 Å². The molecule has 168 valence electrons. The molecular formula is C25H33NO5. The monoisotopic (exact) mass is 427 g/mol. The second kappa shape index (κ2) is 14.2. The van der Waals surface area contributed by atoms with Crippen molar-refractivity contribution in [3.8, 4) is 11.5 Å². The van der Waals surface area contributed by atoms with E-state index in [4.69, 9.17) is 9.47 Å². The zero-order valence-corrected chi connectivity index (χ0v) is 18.5. The molecule has 0 aliphatic carbocycles. The van der Waals surface area contributed by atoms with E-state index in [1.807, 2.05) is 12.1 Å². The van der Waals surface area contributed by atoms with Crippen LogP contribution in [-0.2, 0) is 22.6 Å². The number of rotatable bonds is 14. The van der Waals surface area contributed by atoms with Crippen LogP contribution in [0, 0.1) is 0 Å². The fourth-order valence-corrected chi connectivity index (χ4v) is 3.16. The average Bonchev–Trinajstić information content (AvgIpc) is 2.82. The SMILES string of the molecule is COC(=O)/C=C/c1nc(CO)ccc1OCCCCCCCCc1ccc(OC)cc1. The lowest BCUT2D eigenvalue weighted by atomic mass is 10.0. The number of carbonyl (C=O) groups excluding carboxylic acids is 1. The lowest BCUT2D eigenvalue weighted by Crippen LogP contribution is -2.02. The van der Waals surface area contributed by atoms with Crippen LogP contribution in [0.4, 0.5) is 0 Å². The van der Waals surface area contributed by atoms with Crippen molar-refractivity contribution >= 4 is 12.0 Å². The summed E-state index contributed by atoms with van der Waals surface area (Å²) in [6.07, 6.45) is 10.8. The number of hydrogen-bond donors (Lipinski definition) is 1. The molecule has 1 heterocycles. The Labute approximate surface area is 184 Å². The lowest BCUT2D eigenvalue weighted by Gasteiger charge is -2.10. The van der Waals surface area contributed by atoms with Crippen LogP contribution in [0.1, 0.15) is 55.5 Å². The number of aliphatic hydroxyl groups is 1. The van der Waals surface area contributed by atoms with Crippen molar-refractivity contribution in [3.05, 3.63) is 59.4 Å². The van der Waals surface area contributed by atoms with E-state index in [0.717, 1.165) is 25.0 Å². The summed E-state index contributed by atoms with van der Waals surface area (Å²) in [6.45, 7) is 0.420. The standard InChI is InChI=1S/C25H33NO5/c1-29-22-13-10-20(11-14-22)9-7-5-3-4-6-8-18-31-24-16-12-21(19-27)26-23(24)15-17-25(28)30-2/h10-17,27H,3-9,18-19H2,1-2H3/b17-15+. The molecule has 31 heavy (non-hydrogen) atoms. The molecule has 0 amide bonds. The van der Waals surface area contributed by atoms with Crippen LogP contribution >= 0.6 is 0 Å². The number of pyridine rings is 1. The van der Waals surface area contributed by atoms with Crippen molar-refractivity contribution < 1.29 is 24.1 Å². The number of benzene rings is 1. The van der Waals surface area contributed by atoms with Crippen molar-refractivity contribution in [2.24, 2.45) is 0 Å². The lowest BCUT2D eigenvalue weighted by molar-refractivity contribution is -0.134. The molecule has 1 N–H and O–H groups in total. The molecule has 0 saturated heterocycles. The van der Waals surface area contributed by atoms with Crippen LogP contribution in [0.2, 0.25) is 0 Å². The van der Waals surface area contributed by atoms with Gasteiger partial charge in [-0.05, 0) is 55.2 Å². The number of carbonyl (C=O) groups is 1. The highest BCUT2D eigenvalue weighted by Crippen LogP contribution is 2.20. The molecule has 6 nitrogen and oxygen atoms in total. The maximum atomic E-state index is 11.3. The molecule has 0 fully saturated rings. The Hall–Kier alpha value is -2.86. The minimum atomic E-state index is -0.464. The summed E-state index contributed by atoms with van der Waals surface area (Å²) in [6, 6.07) is 11.8. The van der Waals surface area contributed by atoms with Crippen molar-refractivity contribution in [3.63, 3.8) is 0 Å². The van der Waals surface area contributed by atoms with Gasteiger partial charge < -0.3 is 19.3 Å². The molecule has 0 bridgehead atoms. The van der Waals surface area contributed by atoms with E-state index in [1.54, 1.807) is 25.3 Å². The van der Waals surface area contributed by atoms with Gasteiger partial charge in [-0.1, -0.05) is 37.8 Å². The number of aromatic nitrogens is 1. The van der Waals surface area contributed by atoms with Gasteiger partial charge in [0, 0.05) is 6.08 Å². The van der Waals surface area contributed by atoms with E-state index in [1.165, 1.54) is 44.4 Å². The Balaban J connectivity index is 1.63. The van der Waals surface area contributed by atoms with Crippen molar-refractivity contribution in [2.45, 2.75) is 51.6 Å². The van der Waals surface area contributed by atoms with Crippen LogP contribution < -0.4 is 9.47 Å². The quantitative estimate of drug-likeness (QED) is 0.267. The molecule has 0 aliphatic heterocycles. The third kappa shape index (κ3) is 9.22. The Morgan fingerprint density at radius 1 is 0.968 bits per heavy atom. The molecule has 0 spiro atoms. The molecule has 0 aliphatic rings. The van der Waals surface area contributed by atoms with Gasteiger partial charge in [0.15, 0.2) is 0 Å². The highest BCUT2D eigenvalue weighted by Gasteiger charge is 2.06. The summed E-state index contributed by atoms with van der Waals surface area (Å²) in [7, 11) is 3.01. The summed E-state index contributed by atoms with van der Waals surface area (Å²) in [5.41, 5.74) is 2.38. The third-order valence-electron chi connectivity index (χ3n) is 4.96. The first kappa shape index (κ1) is 24.4. The van der Waals surface area contributed by atoms with Crippen LogP contribution in [0.5, 0.6) is 11.5 Å². The fourth-order valence-electron chi connectivity index (χ4n) is 3.16. The number of aryl methyl sites for hydroxylation is 1. The third-order valence-corrected chi connectivity index (χ3v) is 4.96. The molecule has 0 radical (unpaired) electrons. The van der Waals surface area contributed by atoms with E-state index < -0.39 is 5.97 Å². The molecule has 1 aromatic heterocycles. The zero-order valence-electron chi connectivity index (χ0n) is 18.5. The molecule has 6 heteroatoms. The Morgan fingerprint density at radius 3 is 2.35 bits per heavy atom. The molecule has 0 saturated carbocycles. The van der Waals surface area contributed by atoms with Gasteiger partial charge in [0.2, 0.25) is 0 Å². The second-order valence-electron chi connectivity index (χ2n) is 7.27. The first-order valence-corrected chi connectivity index (χ1v) is 10.8. The molecule has 2 rings (SSSR count). The number of hydrogen-bond acceptors (Lipinski definition) is 6. The van der Waals surface area contributed by atoms with Crippen molar-refractivity contribution in [1.82, 2.24) is 4.98 Å². The minimum Gasteiger partial charge on any atom is -0.497 e. The summed E-state index contributed by atoms with van der Waals surface area (Å²) in [5, 5.41) is 9.27. The van der Waals surface area contributed by atoms with E-state index in [0.29, 0.717) is 23.7 Å². The normalized spacial score (nSPS) is 10.9. The number of aliphatic hydroxyl groups excluding tert-OH is 1. The van der Waals surface area contributed by atoms with Gasteiger partial charge in [-0.15, -0.1) is 0 Å². The van der Waals surface area contributed by atoms with Crippen molar-refractivity contribution in [2.75, 3.05) is 20.8 Å². The van der Waals surface area contributed by atoms with E-state index in [2.05, 4.69) is 21.9 Å². The fraction of sp³-hybridized carbons (Fsp3) is 0.440. The van der Waals surface area contributed by atoms with E-state index in [-0.39, 0.29) is 6.61 Å². The largest absolute Gasteiger partial charge is 0.497 e. The molecule has 0 atom stereocenters. The summed E-state index contributed by atoms with van der Waals surface area (Å²) in [4.78, 5) is 15.6. The van der Waals surface area contributed by atoms with Crippen LogP contribution in [0.15, 0.2) is 42.5 Å². The van der Waals surface area contributed by atoms with Gasteiger partial charge in [0.1, 0.15) is 17.2 Å². The maximum Gasteiger partial charge on any atom is 0.330 e. The highest BCUT2D eigenvalue weighted by molar-refractivity contribution is 5.87. The number of unbranched alkanes of at least 4 members (excludes halogenated alkanes) is 5. The summed E-state index contributed by atoms with van der Waals surface area (Å²) in [5.74, 6) is 1.03. The molecular weight excluding hydrogens is 394 g/mol. The topological polar surface area (TPSA) is 77.9 Å². The molecule has 0 unspecified atom stereocenters. The number of esters is 1. The van der Waals surface area contributed by atoms with Crippen LogP contribution in [0.25, 0.3) is 6.08 Å². The zero-order chi connectivity index (χ0) is 22.3. The van der Waals surface area contributed by atoms with Gasteiger partial charge in [-0.3, -0.25) is 0 Å². The van der Waals surface area contributed by atoms with Gasteiger partial charge in [-0.2, -0.15) is 0 Å². The smallest absolute Gasteiger partial charge is 0.330 e. The summed E-state index contributed by atoms with van der Waals surface area (Å²) < 4.78 is 15.6. The molecule has 2 aromatic rings. The first-order valence-electron chi connectivity index (χ1n) is 10.8. The predicted octanol–water partition coefficient (Wildman–Crippen LogP) is 4.73. The predicted molar refractivity (Wildman–Crippen MR) is 121 cm³/mol. The van der Waals surface area contributed by atoms with Gasteiger partial charge in [-0.25, -0.2) is 9.78 Å². The van der Waals surface area contributed by atoms with Crippen molar-refractivity contribution in [1.29, 1.82) is 0 Å². The van der Waals surface area contributed by atoms with E-state index >= 15 is 0 Å². The average molecular weight is 428 g/mol. The van der Waals surface area contributed by atoms with Gasteiger partial charge in [0.25, 0.3) is 0 Å². The van der Waals surface area contributed by atoms with E-state index in [9.17, 15) is 9.90 Å². The maximum absolute atomic E-state index is 11.3.